The Hall–Kier alpha value is -1.35. The number of nitrogens with zero attached hydrogens (tertiary/aromatic N) is 1. The van der Waals surface area contributed by atoms with E-state index >= 15 is 0 Å². The second kappa shape index (κ2) is 6.61. The Balaban J connectivity index is 2.07. The molecule has 1 aromatic carbocycles. The van der Waals surface area contributed by atoms with Crippen molar-refractivity contribution in [2.75, 3.05) is 6.61 Å². The molecule has 0 saturated carbocycles. The van der Waals surface area contributed by atoms with Crippen LogP contribution in [0.15, 0.2) is 30.3 Å². The van der Waals surface area contributed by atoms with Gasteiger partial charge in [0.05, 0.1) is 12.6 Å². The molecule has 21 heavy (non-hydrogen) atoms. The van der Waals surface area contributed by atoms with E-state index in [1.165, 1.54) is 5.56 Å². The lowest BCUT2D eigenvalue weighted by atomic mass is 10.0. The van der Waals surface area contributed by atoms with Crippen molar-refractivity contribution in [3.63, 3.8) is 0 Å². The van der Waals surface area contributed by atoms with Crippen LogP contribution >= 0.6 is 0 Å². The summed E-state index contributed by atoms with van der Waals surface area (Å²) in [4.78, 5) is 14.6. The van der Waals surface area contributed by atoms with Gasteiger partial charge in [0.2, 0.25) is 5.91 Å². The third-order valence-corrected chi connectivity index (χ3v) is 4.09. The number of carbonyl (C=O) groups excluding carboxylic acids is 1. The Kier molecular flexibility index (Phi) is 5.04. The van der Waals surface area contributed by atoms with E-state index in [0.29, 0.717) is 18.9 Å². The van der Waals surface area contributed by atoms with E-state index in [2.05, 4.69) is 26.0 Å². The molecular weight excluding hydrogens is 262 g/mol. The fourth-order valence-corrected chi connectivity index (χ4v) is 2.96. The second-order valence-electron chi connectivity index (χ2n) is 6.80. The molecule has 0 radical (unpaired) electrons. The van der Waals surface area contributed by atoms with Crippen LogP contribution in [0.4, 0.5) is 0 Å². The van der Waals surface area contributed by atoms with E-state index in [1.807, 2.05) is 36.9 Å². The summed E-state index contributed by atoms with van der Waals surface area (Å²) < 4.78 is 5.87. The molecule has 0 spiro atoms. The van der Waals surface area contributed by atoms with Crippen molar-refractivity contribution in [3.8, 4) is 0 Å². The summed E-state index contributed by atoms with van der Waals surface area (Å²) in [6.07, 6.45) is 2.40. The predicted molar refractivity (Wildman–Crippen MR) is 84.9 cm³/mol. The zero-order valence-corrected chi connectivity index (χ0v) is 13.6. The average molecular weight is 289 g/mol. The summed E-state index contributed by atoms with van der Waals surface area (Å²) in [5, 5.41) is 0. The monoisotopic (exact) mass is 289 g/mol. The third-order valence-electron chi connectivity index (χ3n) is 4.09. The molecule has 1 aromatic rings. The van der Waals surface area contributed by atoms with Gasteiger partial charge in [0.15, 0.2) is 0 Å². The number of carbonyl (C=O) groups is 1. The van der Waals surface area contributed by atoms with Crippen LogP contribution in [0.3, 0.4) is 0 Å². The molecule has 3 heteroatoms. The smallest absolute Gasteiger partial charge is 0.225 e. The van der Waals surface area contributed by atoms with Crippen molar-refractivity contribution in [3.05, 3.63) is 35.9 Å². The number of benzene rings is 1. The highest BCUT2D eigenvalue weighted by molar-refractivity contribution is 5.77. The van der Waals surface area contributed by atoms with Gasteiger partial charge in [0.1, 0.15) is 5.72 Å². The van der Waals surface area contributed by atoms with Crippen LogP contribution in [0.25, 0.3) is 0 Å². The van der Waals surface area contributed by atoms with Gasteiger partial charge in [-0.15, -0.1) is 0 Å². The van der Waals surface area contributed by atoms with Gasteiger partial charge in [-0.25, -0.2) is 0 Å². The molecule has 1 fully saturated rings. The van der Waals surface area contributed by atoms with Crippen molar-refractivity contribution in [2.45, 2.75) is 58.7 Å². The fourth-order valence-electron chi connectivity index (χ4n) is 2.96. The molecular formula is C18H27NO2. The van der Waals surface area contributed by atoms with Crippen LogP contribution < -0.4 is 0 Å². The van der Waals surface area contributed by atoms with E-state index in [4.69, 9.17) is 4.74 Å². The first-order chi connectivity index (χ1) is 9.90. The molecule has 3 nitrogen and oxygen atoms in total. The molecule has 0 aromatic heterocycles. The molecule has 0 unspecified atom stereocenters. The zero-order chi connectivity index (χ0) is 15.5. The van der Waals surface area contributed by atoms with Crippen molar-refractivity contribution in [1.29, 1.82) is 0 Å². The molecule has 0 aliphatic carbocycles. The minimum absolute atomic E-state index is 0.141. The van der Waals surface area contributed by atoms with Crippen molar-refractivity contribution in [2.24, 2.45) is 5.92 Å². The summed E-state index contributed by atoms with van der Waals surface area (Å²) in [5.41, 5.74) is 0.763. The van der Waals surface area contributed by atoms with E-state index in [9.17, 15) is 4.79 Å². The highest BCUT2D eigenvalue weighted by atomic mass is 16.5. The summed E-state index contributed by atoms with van der Waals surface area (Å²) in [6, 6.07) is 10.5. The minimum atomic E-state index is -0.493. The van der Waals surface area contributed by atoms with E-state index in [1.54, 1.807) is 0 Å². The Morgan fingerprint density at radius 1 is 1.33 bits per heavy atom. The minimum Gasteiger partial charge on any atom is -0.354 e. The Bertz CT molecular complexity index is 467. The van der Waals surface area contributed by atoms with Gasteiger partial charge in [0.25, 0.3) is 0 Å². The SMILES string of the molecule is CC(C)CCC(=O)N1[C@@H](Cc2ccccc2)COC1(C)C. The Morgan fingerprint density at radius 3 is 2.62 bits per heavy atom. The zero-order valence-electron chi connectivity index (χ0n) is 13.6. The summed E-state index contributed by atoms with van der Waals surface area (Å²) in [5.74, 6) is 0.764. The second-order valence-corrected chi connectivity index (χ2v) is 6.80. The molecule has 0 N–H and O–H groups in total. The number of rotatable bonds is 5. The first-order valence-electron chi connectivity index (χ1n) is 7.90. The highest BCUT2D eigenvalue weighted by Crippen LogP contribution is 2.30. The maximum Gasteiger partial charge on any atom is 0.225 e. The number of hydrogen-bond donors (Lipinski definition) is 0. The van der Waals surface area contributed by atoms with Crippen LogP contribution in [0.1, 0.15) is 46.1 Å². The van der Waals surface area contributed by atoms with Gasteiger partial charge in [-0.3, -0.25) is 4.79 Å². The predicted octanol–water partition coefficient (Wildman–Crippen LogP) is 3.63. The molecule has 1 aliphatic heterocycles. The Labute approximate surface area is 128 Å². The van der Waals surface area contributed by atoms with Gasteiger partial charge in [-0.05, 0) is 38.2 Å². The largest absolute Gasteiger partial charge is 0.354 e. The first kappa shape index (κ1) is 16.0. The topological polar surface area (TPSA) is 29.5 Å². The summed E-state index contributed by atoms with van der Waals surface area (Å²) in [7, 11) is 0. The van der Waals surface area contributed by atoms with Crippen molar-refractivity contribution in [1.82, 2.24) is 4.90 Å². The number of hydrogen-bond acceptors (Lipinski definition) is 2. The molecule has 1 atom stereocenters. The molecule has 116 valence electrons. The lowest BCUT2D eigenvalue weighted by Crippen LogP contribution is -2.48. The maximum atomic E-state index is 12.6. The standard InChI is InChI=1S/C18H27NO2/c1-14(2)10-11-17(20)19-16(13-21-18(19,3)4)12-15-8-6-5-7-9-15/h5-9,14,16H,10-13H2,1-4H3/t16-/m0/s1. The van der Waals surface area contributed by atoms with E-state index in [0.717, 1.165) is 12.8 Å². The Morgan fingerprint density at radius 2 is 2.00 bits per heavy atom. The third kappa shape index (κ3) is 4.07. The van der Waals surface area contributed by atoms with Crippen LogP contribution in [0.5, 0.6) is 0 Å². The molecule has 1 aliphatic rings. The van der Waals surface area contributed by atoms with Crippen molar-refractivity contribution < 1.29 is 9.53 Å². The lowest BCUT2D eigenvalue weighted by molar-refractivity contribution is -0.146. The van der Waals surface area contributed by atoms with Crippen LogP contribution in [-0.4, -0.2) is 29.2 Å². The number of ether oxygens (including phenoxy) is 1. The van der Waals surface area contributed by atoms with Gasteiger partial charge in [0, 0.05) is 6.42 Å². The molecule has 1 amide bonds. The molecule has 1 saturated heterocycles. The normalized spacial score (nSPS) is 21.0. The quantitative estimate of drug-likeness (QED) is 0.828. The van der Waals surface area contributed by atoms with E-state index < -0.39 is 5.72 Å². The van der Waals surface area contributed by atoms with Gasteiger partial charge in [-0.2, -0.15) is 0 Å². The van der Waals surface area contributed by atoms with E-state index in [-0.39, 0.29) is 11.9 Å². The summed E-state index contributed by atoms with van der Waals surface area (Å²) >= 11 is 0. The maximum absolute atomic E-state index is 12.6. The summed E-state index contributed by atoms with van der Waals surface area (Å²) in [6.45, 7) is 8.91. The van der Waals surface area contributed by atoms with Crippen LogP contribution in [0, 0.1) is 5.92 Å². The fraction of sp³-hybridized carbons (Fsp3) is 0.611. The first-order valence-corrected chi connectivity index (χ1v) is 7.90. The lowest BCUT2D eigenvalue weighted by Gasteiger charge is -2.34. The van der Waals surface area contributed by atoms with Crippen molar-refractivity contribution >= 4 is 5.91 Å². The number of amides is 1. The molecule has 0 bridgehead atoms. The highest BCUT2D eigenvalue weighted by Gasteiger charge is 2.43. The van der Waals surface area contributed by atoms with Crippen LogP contribution in [-0.2, 0) is 16.0 Å². The van der Waals surface area contributed by atoms with Crippen LogP contribution in [0.2, 0.25) is 0 Å². The molecule has 2 rings (SSSR count). The van der Waals surface area contributed by atoms with Gasteiger partial charge >= 0.3 is 0 Å². The average Bonchev–Trinajstić information content (AvgIpc) is 2.72. The van der Waals surface area contributed by atoms with Gasteiger partial charge in [-0.1, -0.05) is 44.2 Å². The van der Waals surface area contributed by atoms with Gasteiger partial charge < -0.3 is 9.64 Å². The molecule has 1 heterocycles.